The van der Waals surface area contributed by atoms with Crippen molar-refractivity contribution in [1.82, 2.24) is 9.80 Å². The molecule has 124 valence electrons. The second-order valence-corrected chi connectivity index (χ2v) is 6.33. The fourth-order valence-corrected chi connectivity index (χ4v) is 3.34. The molecule has 0 atom stereocenters. The molecular formula is C21H24N2O. The first-order valence-electron chi connectivity index (χ1n) is 8.45. The van der Waals surface area contributed by atoms with Crippen LogP contribution in [0.1, 0.15) is 24.1 Å². The lowest BCUT2D eigenvalue weighted by Crippen LogP contribution is -2.50. The smallest absolute Gasteiger partial charge is 0.248 e. The summed E-state index contributed by atoms with van der Waals surface area (Å²) < 4.78 is 0. The van der Waals surface area contributed by atoms with Crippen LogP contribution in [-0.4, -0.2) is 41.9 Å². The number of nitrogens with zero attached hydrogens (tertiary/aromatic N) is 2. The average Bonchev–Trinajstić information content (AvgIpc) is 2.64. The number of piperazine rings is 1. The van der Waals surface area contributed by atoms with Crippen LogP contribution in [-0.2, 0) is 4.79 Å². The maximum atomic E-state index is 12.1. The SMILES string of the molecule is C=C(C)C(=O)N1CCN(C(c2ccccc2)c2ccccc2)CC1. The molecule has 3 rings (SSSR count). The van der Waals surface area contributed by atoms with Crippen molar-refractivity contribution in [3.8, 4) is 0 Å². The van der Waals surface area contributed by atoms with Gasteiger partial charge in [-0.15, -0.1) is 0 Å². The molecule has 0 aromatic heterocycles. The lowest BCUT2D eigenvalue weighted by atomic mass is 9.96. The third kappa shape index (κ3) is 3.57. The quantitative estimate of drug-likeness (QED) is 0.805. The lowest BCUT2D eigenvalue weighted by molar-refractivity contribution is -0.129. The summed E-state index contributed by atoms with van der Waals surface area (Å²) >= 11 is 0. The van der Waals surface area contributed by atoms with Crippen LogP contribution in [0.4, 0.5) is 0 Å². The summed E-state index contributed by atoms with van der Waals surface area (Å²) in [5.74, 6) is 0.0747. The molecule has 0 bridgehead atoms. The van der Waals surface area contributed by atoms with E-state index in [-0.39, 0.29) is 11.9 Å². The molecule has 3 heteroatoms. The predicted molar refractivity (Wildman–Crippen MR) is 97.7 cm³/mol. The molecule has 1 aliphatic rings. The van der Waals surface area contributed by atoms with Crippen molar-refractivity contribution in [2.45, 2.75) is 13.0 Å². The van der Waals surface area contributed by atoms with E-state index < -0.39 is 0 Å². The Kier molecular flexibility index (Phi) is 5.11. The Morgan fingerprint density at radius 1 is 0.875 bits per heavy atom. The highest BCUT2D eigenvalue weighted by molar-refractivity contribution is 5.92. The predicted octanol–water partition coefficient (Wildman–Crippen LogP) is 3.50. The Balaban J connectivity index is 1.81. The van der Waals surface area contributed by atoms with E-state index in [0.29, 0.717) is 5.57 Å². The van der Waals surface area contributed by atoms with Crippen molar-refractivity contribution in [2.24, 2.45) is 0 Å². The minimum Gasteiger partial charge on any atom is -0.336 e. The topological polar surface area (TPSA) is 23.6 Å². The summed E-state index contributed by atoms with van der Waals surface area (Å²) in [5, 5.41) is 0. The summed E-state index contributed by atoms with van der Waals surface area (Å²) in [6, 6.07) is 21.4. The number of carbonyl (C=O) groups excluding carboxylic acids is 1. The van der Waals surface area contributed by atoms with Crippen LogP contribution >= 0.6 is 0 Å². The molecule has 0 aliphatic carbocycles. The van der Waals surface area contributed by atoms with Crippen molar-refractivity contribution < 1.29 is 4.79 Å². The van der Waals surface area contributed by atoms with E-state index >= 15 is 0 Å². The number of hydrogen-bond donors (Lipinski definition) is 0. The van der Waals surface area contributed by atoms with Gasteiger partial charge in [0.25, 0.3) is 0 Å². The van der Waals surface area contributed by atoms with Crippen molar-refractivity contribution >= 4 is 5.91 Å². The molecular weight excluding hydrogens is 296 g/mol. The van der Waals surface area contributed by atoms with Gasteiger partial charge >= 0.3 is 0 Å². The highest BCUT2D eigenvalue weighted by atomic mass is 16.2. The minimum atomic E-state index is 0.0747. The maximum absolute atomic E-state index is 12.1. The molecule has 1 saturated heterocycles. The van der Waals surface area contributed by atoms with Crippen LogP contribution in [0.15, 0.2) is 72.8 Å². The third-order valence-electron chi connectivity index (χ3n) is 4.56. The molecule has 0 N–H and O–H groups in total. The number of carbonyl (C=O) groups is 1. The fourth-order valence-electron chi connectivity index (χ4n) is 3.34. The zero-order chi connectivity index (χ0) is 16.9. The van der Waals surface area contributed by atoms with Gasteiger partial charge in [-0.3, -0.25) is 9.69 Å². The van der Waals surface area contributed by atoms with Gasteiger partial charge in [0.2, 0.25) is 5.91 Å². The first-order valence-corrected chi connectivity index (χ1v) is 8.45. The molecule has 0 radical (unpaired) electrons. The van der Waals surface area contributed by atoms with Gasteiger partial charge in [-0.25, -0.2) is 0 Å². The summed E-state index contributed by atoms with van der Waals surface area (Å²) in [5.41, 5.74) is 3.21. The van der Waals surface area contributed by atoms with Crippen LogP contribution in [0.2, 0.25) is 0 Å². The Hall–Kier alpha value is -2.39. The van der Waals surface area contributed by atoms with Crippen molar-refractivity contribution in [1.29, 1.82) is 0 Å². The highest BCUT2D eigenvalue weighted by Crippen LogP contribution is 2.29. The third-order valence-corrected chi connectivity index (χ3v) is 4.56. The zero-order valence-corrected chi connectivity index (χ0v) is 14.2. The molecule has 1 fully saturated rings. The minimum absolute atomic E-state index is 0.0747. The Bertz CT molecular complexity index is 649. The van der Waals surface area contributed by atoms with Crippen LogP contribution in [0, 0.1) is 0 Å². The van der Waals surface area contributed by atoms with Gasteiger partial charge in [0, 0.05) is 31.8 Å². The van der Waals surface area contributed by atoms with E-state index in [1.165, 1.54) is 11.1 Å². The Labute approximate surface area is 144 Å². The number of rotatable bonds is 4. The van der Waals surface area contributed by atoms with E-state index in [1.54, 1.807) is 6.92 Å². The molecule has 2 aromatic carbocycles. The fraction of sp³-hybridized carbons (Fsp3) is 0.286. The van der Waals surface area contributed by atoms with Crippen LogP contribution in [0.5, 0.6) is 0 Å². The van der Waals surface area contributed by atoms with Gasteiger partial charge in [0.05, 0.1) is 6.04 Å². The molecule has 1 aliphatic heterocycles. The number of hydrogen-bond acceptors (Lipinski definition) is 2. The van der Waals surface area contributed by atoms with Gasteiger partial charge in [0.1, 0.15) is 0 Å². The van der Waals surface area contributed by atoms with Gasteiger partial charge in [-0.2, -0.15) is 0 Å². The lowest BCUT2D eigenvalue weighted by Gasteiger charge is -2.39. The van der Waals surface area contributed by atoms with Crippen LogP contribution < -0.4 is 0 Å². The molecule has 0 unspecified atom stereocenters. The van der Waals surface area contributed by atoms with E-state index in [2.05, 4.69) is 72.1 Å². The molecule has 24 heavy (non-hydrogen) atoms. The standard InChI is InChI=1S/C21H24N2O/c1-17(2)21(24)23-15-13-22(14-16-23)20(18-9-5-3-6-10-18)19-11-7-4-8-12-19/h3-12,20H,1,13-16H2,2H3. The second kappa shape index (κ2) is 7.45. The number of benzene rings is 2. The van der Waals surface area contributed by atoms with Crippen LogP contribution in [0.25, 0.3) is 0 Å². The number of amides is 1. The summed E-state index contributed by atoms with van der Waals surface area (Å²) in [6.45, 7) is 8.80. The molecule has 0 saturated carbocycles. The average molecular weight is 320 g/mol. The van der Waals surface area contributed by atoms with Gasteiger partial charge in [-0.1, -0.05) is 67.2 Å². The molecule has 1 heterocycles. The molecule has 2 aromatic rings. The first-order chi connectivity index (χ1) is 11.7. The first kappa shape index (κ1) is 16.5. The van der Waals surface area contributed by atoms with Crippen molar-refractivity contribution in [3.05, 3.63) is 83.9 Å². The zero-order valence-electron chi connectivity index (χ0n) is 14.2. The van der Waals surface area contributed by atoms with Crippen molar-refractivity contribution in [3.63, 3.8) is 0 Å². The molecule has 3 nitrogen and oxygen atoms in total. The van der Waals surface area contributed by atoms with Gasteiger partial charge in [-0.05, 0) is 18.1 Å². The van der Waals surface area contributed by atoms with E-state index in [1.807, 2.05) is 4.90 Å². The van der Waals surface area contributed by atoms with Crippen molar-refractivity contribution in [2.75, 3.05) is 26.2 Å². The van der Waals surface area contributed by atoms with E-state index in [4.69, 9.17) is 0 Å². The summed E-state index contributed by atoms with van der Waals surface area (Å²) in [6.07, 6.45) is 0. The van der Waals surface area contributed by atoms with E-state index in [9.17, 15) is 4.79 Å². The Morgan fingerprint density at radius 3 is 1.75 bits per heavy atom. The van der Waals surface area contributed by atoms with Gasteiger partial charge in [0.15, 0.2) is 0 Å². The van der Waals surface area contributed by atoms with E-state index in [0.717, 1.165) is 26.2 Å². The normalized spacial score (nSPS) is 15.5. The van der Waals surface area contributed by atoms with Crippen LogP contribution in [0.3, 0.4) is 0 Å². The summed E-state index contributed by atoms with van der Waals surface area (Å²) in [7, 11) is 0. The highest BCUT2D eigenvalue weighted by Gasteiger charge is 2.28. The Morgan fingerprint density at radius 2 is 1.33 bits per heavy atom. The molecule has 1 amide bonds. The largest absolute Gasteiger partial charge is 0.336 e. The monoisotopic (exact) mass is 320 g/mol. The second-order valence-electron chi connectivity index (χ2n) is 6.33. The van der Waals surface area contributed by atoms with Gasteiger partial charge < -0.3 is 4.90 Å². The summed E-state index contributed by atoms with van der Waals surface area (Å²) in [4.78, 5) is 16.5. The molecule has 0 spiro atoms. The maximum Gasteiger partial charge on any atom is 0.248 e.